The molecule has 0 aliphatic rings. The average molecular weight is 793 g/mol. The van der Waals surface area contributed by atoms with E-state index in [9.17, 15) is 5.41 Å². The van der Waals surface area contributed by atoms with E-state index in [0.717, 1.165) is 61.9 Å². The van der Waals surface area contributed by atoms with Crippen LogP contribution in [0.25, 0.3) is 75.5 Å². The molecule has 0 amide bonds. The number of furan rings is 1. The lowest BCUT2D eigenvalue weighted by atomic mass is 9.84. The average Bonchev–Trinajstić information content (AvgIpc) is 3.89. The molecule has 2 unspecified atom stereocenters. The zero-order valence-corrected chi connectivity index (χ0v) is 34.5. The van der Waals surface area contributed by atoms with Crippen LogP contribution in [-0.2, 0) is 0 Å². The van der Waals surface area contributed by atoms with E-state index in [2.05, 4.69) is 184 Å². The van der Waals surface area contributed by atoms with Gasteiger partial charge in [-0.15, -0.1) is 11.3 Å². The summed E-state index contributed by atoms with van der Waals surface area (Å²) in [5, 5.41) is 14.3. The van der Waals surface area contributed by atoms with Crippen molar-refractivity contribution in [1.82, 2.24) is 0 Å². The third-order valence-electron chi connectivity index (χ3n) is 12.1. The molecule has 0 spiro atoms. The molecule has 2 aromatic heterocycles. The second-order valence-electron chi connectivity index (χ2n) is 15.7. The Kier molecular flexibility index (Phi) is 10.0. The third kappa shape index (κ3) is 7.03. The van der Waals surface area contributed by atoms with Crippen molar-refractivity contribution in [1.29, 1.82) is 5.41 Å². The van der Waals surface area contributed by atoms with E-state index in [1.54, 1.807) is 0 Å². The number of thiophene rings is 1. The molecular formula is C56H44N2OS. The Morgan fingerprint density at radius 2 is 1.22 bits per heavy atom. The summed E-state index contributed by atoms with van der Waals surface area (Å²) < 4.78 is 9.17. The van der Waals surface area contributed by atoms with Crippen molar-refractivity contribution in [3.63, 3.8) is 0 Å². The van der Waals surface area contributed by atoms with Crippen LogP contribution in [0.15, 0.2) is 197 Å². The molecule has 4 heteroatoms. The van der Waals surface area contributed by atoms with E-state index in [4.69, 9.17) is 9.41 Å². The van der Waals surface area contributed by atoms with Gasteiger partial charge < -0.3 is 9.83 Å². The SMILES string of the molecule is CCC(CC(=N)c1cccc2oc3cc(-c4ccc5c(c4)sc4c(-c6ccccc6)cccc45)ccc3c12)C(/N=C(\C)c1ccccc1)c1ccc(-c2ccccc2)cc1. The highest BCUT2D eigenvalue weighted by molar-refractivity contribution is 7.26. The van der Waals surface area contributed by atoms with Crippen molar-refractivity contribution in [3.8, 4) is 33.4 Å². The molecule has 8 aromatic carbocycles. The number of fused-ring (bicyclic) bond motifs is 6. The van der Waals surface area contributed by atoms with Gasteiger partial charge in [0.2, 0.25) is 0 Å². The molecule has 0 saturated heterocycles. The first-order valence-electron chi connectivity index (χ1n) is 20.8. The van der Waals surface area contributed by atoms with Gasteiger partial charge in [0, 0.05) is 47.9 Å². The maximum atomic E-state index is 9.69. The molecule has 0 fully saturated rings. The highest BCUT2D eigenvalue weighted by atomic mass is 32.1. The van der Waals surface area contributed by atoms with E-state index in [1.165, 1.54) is 42.4 Å². The van der Waals surface area contributed by atoms with Gasteiger partial charge in [-0.2, -0.15) is 0 Å². The predicted octanol–water partition coefficient (Wildman–Crippen LogP) is 16.0. The minimum Gasteiger partial charge on any atom is -0.456 e. The van der Waals surface area contributed by atoms with E-state index in [1.807, 2.05) is 29.5 Å². The molecule has 10 aromatic rings. The Hall–Kier alpha value is -6.88. The predicted molar refractivity (Wildman–Crippen MR) is 256 cm³/mol. The Morgan fingerprint density at radius 3 is 1.95 bits per heavy atom. The van der Waals surface area contributed by atoms with E-state index < -0.39 is 0 Å². The fourth-order valence-electron chi connectivity index (χ4n) is 8.85. The Bertz CT molecular complexity index is 3180. The normalized spacial score (nSPS) is 13.0. The Balaban J connectivity index is 0.976. The maximum Gasteiger partial charge on any atom is 0.136 e. The van der Waals surface area contributed by atoms with Crippen molar-refractivity contribution in [2.75, 3.05) is 0 Å². The zero-order chi connectivity index (χ0) is 40.6. The zero-order valence-electron chi connectivity index (χ0n) is 33.7. The minimum absolute atomic E-state index is 0.103. The van der Waals surface area contributed by atoms with Crippen LogP contribution in [0.4, 0.5) is 0 Å². The summed E-state index contributed by atoms with van der Waals surface area (Å²) in [5.74, 6) is 0.103. The number of hydrogen-bond donors (Lipinski definition) is 1. The number of benzene rings is 8. The van der Waals surface area contributed by atoms with Crippen LogP contribution in [-0.4, -0.2) is 11.4 Å². The summed E-state index contributed by atoms with van der Waals surface area (Å²) >= 11 is 1.86. The summed E-state index contributed by atoms with van der Waals surface area (Å²) in [6, 6.07) is 66.4. The van der Waals surface area contributed by atoms with Crippen molar-refractivity contribution >= 4 is 64.9 Å². The molecule has 2 atom stereocenters. The van der Waals surface area contributed by atoms with Crippen molar-refractivity contribution in [3.05, 3.63) is 205 Å². The number of nitrogens with zero attached hydrogens (tertiary/aromatic N) is 1. The summed E-state index contributed by atoms with van der Waals surface area (Å²) in [4.78, 5) is 5.43. The standard InChI is InChI=1S/C56H44N2OS/c1-3-37(55(58-36(2)38-15-7-4-8-16-38)42-27-25-40(26-28-42)39-17-9-5-10-18-39)33-50(57)48-23-14-24-51-54(48)49-32-30-43(34-52(49)59-51)44-29-31-46-47-22-13-21-45(41-19-11-6-12-20-41)56(47)60-53(46)35-44/h4-32,34-35,37,55,57H,3,33H2,1-2H3/b57-50?,58-36+. The second-order valence-corrected chi connectivity index (χ2v) is 16.8. The third-order valence-corrected chi connectivity index (χ3v) is 13.3. The smallest absolute Gasteiger partial charge is 0.136 e. The molecule has 0 saturated carbocycles. The number of nitrogens with one attached hydrogen (secondary N) is 1. The van der Waals surface area contributed by atoms with Crippen LogP contribution < -0.4 is 0 Å². The van der Waals surface area contributed by atoms with Crippen molar-refractivity contribution in [2.24, 2.45) is 10.9 Å². The van der Waals surface area contributed by atoms with Gasteiger partial charge in [0.1, 0.15) is 11.2 Å². The molecule has 0 radical (unpaired) electrons. The lowest BCUT2D eigenvalue weighted by molar-refractivity contribution is 0.434. The molecule has 60 heavy (non-hydrogen) atoms. The summed E-state index contributed by atoms with van der Waals surface area (Å²) in [5.41, 5.74) is 13.6. The topological polar surface area (TPSA) is 49.4 Å². The Morgan fingerprint density at radius 1 is 0.583 bits per heavy atom. The number of aliphatic imine (C=N–C) groups is 1. The summed E-state index contributed by atoms with van der Waals surface area (Å²) in [6.07, 6.45) is 1.46. The maximum absolute atomic E-state index is 9.69. The van der Waals surface area contributed by atoms with Gasteiger partial charge in [0.05, 0.1) is 6.04 Å². The summed E-state index contributed by atoms with van der Waals surface area (Å²) in [6.45, 7) is 4.33. The molecule has 0 bridgehead atoms. The lowest BCUT2D eigenvalue weighted by Crippen LogP contribution is -2.17. The lowest BCUT2D eigenvalue weighted by Gasteiger charge is -2.25. The van der Waals surface area contributed by atoms with Gasteiger partial charge >= 0.3 is 0 Å². The fraction of sp³-hybridized carbons (Fsp3) is 0.107. The fourth-order valence-corrected chi connectivity index (χ4v) is 10.1. The van der Waals surface area contributed by atoms with Crippen LogP contribution in [0.1, 0.15) is 49.4 Å². The van der Waals surface area contributed by atoms with Gasteiger partial charge in [-0.3, -0.25) is 4.99 Å². The highest BCUT2D eigenvalue weighted by Crippen LogP contribution is 2.43. The molecule has 3 nitrogen and oxygen atoms in total. The first-order chi connectivity index (χ1) is 29.5. The quantitative estimate of drug-likeness (QED) is 0.130. The van der Waals surface area contributed by atoms with Gasteiger partial charge in [-0.25, -0.2) is 0 Å². The van der Waals surface area contributed by atoms with E-state index >= 15 is 0 Å². The highest BCUT2D eigenvalue weighted by Gasteiger charge is 2.25. The van der Waals surface area contributed by atoms with Crippen molar-refractivity contribution in [2.45, 2.75) is 32.7 Å². The largest absolute Gasteiger partial charge is 0.456 e. The second kappa shape index (κ2) is 16.1. The minimum atomic E-state index is -0.119. The molecule has 1 N–H and O–H groups in total. The molecule has 2 heterocycles. The van der Waals surface area contributed by atoms with Crippen LogP contribution in [0.5, 0.6) is 0 Å². The van der Waals surface area contributed by atoms with Crippen LogP contribution in [0.2, 0.25) is 0 Å². The molecule has 10 rings (SSSR count). The van der Waals surface area contributed by atoms with Crippen LogP contribution >= 0.6 is 11.3 Å². The molecular weight excluding hydrogens is 749 g/mol. The van der Waals surface area contributed by atoms with Gasteiger partial charge in [-0.1, -0.05) is 177 Å². The van der Waals surface area contributed by atoms with Gasteiger partial charge in [-0.05, 0) is 88.0 Å². The van der Waals surface area contributed by atoms with Crippen LogP contribution in [0, 0.1) is 11.3 Å². The monoisotopic (exact) mass is 792 g/mol. The van der Waals surface area contributed by atoms with E-state index in [0.29, 0.717) is 12.1 Å². The summed E-state index contributed by atoms with van der Waals surface area (Å²) in [7, 11) is 0. The van der Waals surface area contributed by atoms with Gasteiger partial charge in [0.25, 0.3) is 0 Å². The molecule has 0 aliphatic carbocycles. The van der Waals surface area contributed by atoms with Gasteiger partial charge in [0.15, 0.2) is 0 Å². The Labute approximate surface area is 354 Å². The van der Waals surface area contributed by atoms with Crippen LogP contribution in [0.3, 0.4) is 0 Å². The number of hydrogen-bond acceptors (Lipinski definition) is 4. The first-order valence-corrected chi connectivity index (χ1v) is 21.6. The molecule has 290 valence electrons. The van der Waals surface area contributed by atoms with E-state index in [-0.39, 0.29) is 12.0 Å². The first kappa shape index (κ1) is 37.4. The number of rotatable bonds is 11. The van der Waals surface area contributed by atoms with Crippen molar-refractivity contribution < 1.29 is 4.42 Å². The molecule has 0 aliphatic heterocycles.